The monoisotopic (exact) mass is 361 g/mol. The van der Waals surface area contributed by atoms with E-state index < -0.39 is 6.10 Å². The Hall–Kier alpha value is -2.85. The van der Waals surface area contributed by atoms with E-state index in [1.165, 1.54) is 5.56 Å². The van der Waals surface area contributed by atoms with Crippen molar-refractivity contribution in [3.05, 3.63) is 89.2 Å². The van der Waals surface area contributed by atoms with Crippen molar-refractivity contribution in [2.45, 2.75) is 26.1 Å². The Balaban J connectivity index is 1.47. The molecule has 3 aromatic rings. The van der Waals surface area contributed by atoms with Gasteiger partial charge in [-0.2, -0.15) is 0 Å². The van der Waals surface area contributed by atoms with E-state index in [-0.39, 0.29) is 5.92 Å². The minimum atomic E-state index is -0.574. The number of aromatic nitrogens is 1. The van der Waals surface area contributed by atoms with Crippen molar-refractivity contribution in [2.24, 2.45) is 5.92 Å². The maximum absolute atomic E-state index is 10.9. The van der Waals surface area contributed by atoms with E-state index in [1.54, 1.807) is 0 Å². The van der Waals surface area contributed by atoms with Gasteiger partial charge in [0.1, 0.15) is 18.1 Å². The summed E-state index contributed by atoms with van der Waals surface area (Å²) in [6.45, 7) is 2.87. The van der Waals surface area contributed by atoms with Crippen LogP contribution in [0.3, 0.4) is 0 Å². The Kier molecular flexibility index (Phi) is 5.07. The van der Waals surface area contributed by atoms with Gasteiger partial charge in [0.2, 0.25) is 0 Å². The molecule has 0 amide bonds. The van der Waals surface area contributed by atoms with Crippen molar-refractivity contribution in [3.63, 3.8) is 0 Å². The van der Waals surface area contributed by atoms with Crippen molar-refractivity contribution in [2.75, 3.05) is 6.61 Å². The van der Waals surface area contributed by atoms with Crippen molar-refractivity contribution in [1.82, 2.24) is 4.98 Å². The number of fused-ring (bicyclic) bond motifs is 1. The molecule has 2 aromatic carbocycles. The molecular formula is C23H23NO3. The van der Waals surface area contributed by atoms with E-state index in [1.807, 2.05) is 61.5 Å². The molecule has 0 radical (unpaired) electrons. The van der Waals surface area contributed by atoms with Gasteiger partial charge in [-0.25, -0.2) is 0 Å². The zero-order valence-corrected chi connectivity index (χ0v) is 15.3. The lowest BCUT2D eigenvalue weighted by molar-refractivity contribution is 0.0504. The first kappa shape index (κ1) is 17.6. The first-order valence-electron chi connectivity index (χ1n) is 9.23. The minimum absolute atomic E-state index is 0.0218. The third kappa shape index (κ3) is 4.12. The van der Waals surface area contributed by atoms with Gasteiger partial charge in [-0.05, 0) is 49.2 Å². The summed E-state index contributed by atoms with van der Waals surface area (Å²) in [5, 5.41) is 10.9. The maximum Gasteiger partial charge on any atom is 0.130 e. The number of aliphatic hydroxyl groups is 1. The Morgan fingerprint density at radius 3 is 2.74 bits per heavy atom. The van der Waals surface area contributed by atoms with Crippen LogP contribution in [0.1, 0.15) is 28.6 Å². The molecule has 0 spiro atoms. The highest BCUT2D eigenvalue weighted by atomic mass is 16.5. The summed E-state index contributed by atoms with van der Waals surface area (Å²) in [4.78, 5) is 4.45. The van der Waals surface area contributed by atoms with Crippen molar-refractivity contribution in [1.29, 1.82) is 0 Å². The minimum Gasteiger partial charge on any atom is -0.493 e. The molecule has 2 unspecified atom stereocenters. The highest BCUT2D eigenvalue weighted by molar-refractivity contribution is 5.43. The highest BCUT2D eigenvalue weighted by Gasteiger charge is 2.30. The number of nitrogens with zero attached hydrogens (tertiary/aromatic N) is 1. The molecule has 0 fully saturated rings. The number of rotatable bonds is 5. The fourth-order valence-corrected chi connectivity index (χ4v) is 3.45. The number of hydrogen-bond acceptors (Lipinski definition) is 4. The Labute approximate surface area is 159 Å². The second kappa shape index (κ2) is 7.80. The summed E-state index contributed by atoms with van der Waals surface area (Å²) < 4.78 is 11.8. The van der Waals surface area contributed by atoms with Gasteiger partial charge in [0.05, 0.1) is 18.4 Å². The average molecular weight is 361 g/mol. The number of aliphatic hydroxyl groups excluding tert-OH is 1. The van der Waals surface area contributed by atoms with Crippen LogP contribution >= 0.6 is 0 Å². The lowest BCUT2D eigenvalue weighted by Crippen LogP contribution is -2.27. The fraction of sp³-hybridized carbons (Fsp3) is 0.261. The largest absolute Gasteiger partial charge is 0.493 e. The van der Waals surface area contributed by atoms with Gasteiger partial charge in [0, 0.05) is 17.2 Å². The van der Waals surface area contributed by atoms with E-state index >= 15 is 0 Å². The molecule has 0 saturated carbocycles. The number of benzene rings is 2. The molecule has 0 bridgehead atoms. The van der Waals surface area contributed by atoms with Crippen molar-refractivity contribution >= 4 is 0 Å². The molecule has 138 valence electrons. The van der Waals surface area contributed by atoms with Gasteiger partial charge < -0.3 is 14.6 Å². The topological polar surface area (TPSA) is 51.6 Å². The van der Waals surface area contributed by atoms with E-state index in [4.69, 9.17) is 9.47 Å². The van der Waals surface area contributed by atoms with E-state index in [0.717, 1.165) is 29.1 Å². The number of ether oxygens (including phenoxy) is 2. The normalized spacial score (nSPS) is 18.4. The number of pyridine rings is 1. The predicted octanol–water partition coefficient (Wildman–Crippen LogP) is 4.25. The van der Waals surface area contributed by atoms with Crippen LogP contribution in [-0.4, -0.2) is 16.7 Å². The van der Waals surface area contributed by atoms with Crippen LogP contribution in [-0.2, 0) is 13.0 Å². The molecule has 27 heavy (non-hydrogen) atoms. The Morgan fingerprint density at radius 1 is 1.07 bits per heavy atom. The van der Waals surface area contributed by atoms with Gasteiger partial charge >= 0.3 is 0 Å². The quantitative estimate of drug-likeness (QED) is 0.738. The standard InChI is InChI=1S/C23H23NO3/c1-16-6-5-9-19(24-16)15-26-20-10-11-22-21(13-20)23(25)18(14-27-22)12-17-7-3-2-4-8-17/h2-11,13,18,23,25H,12,14-15H2,1H3. The molecule has 1 aliphatic heterocycles. The molecule has 2 heterocycles. The first-order chi connectivity index (χ1) is 13.2. The lowest BCUT2D eigenvalue weighted by Gasteiger charge is -2.30. The van der Waals surface area contributed by atoms with Crippen LogP contribution in [0.5, 0.6) is 11.5 Å². The van der Waals surface area contributed by atoms with Crippen LogP contribution in [0.2, 0.25) is 0 Å². The highest BCUT2D eigenvalue weighted by Crippen LogP contribution is 2.39. The van der Waals surface area contributed by atoms with Gasteiger partial charge in [-0.1, -0.05) is 36.4 Å². The summed E-state index contributed by atoms with van der Waals surface area (Å²) in [7, 11) is 0. The zero-order chi connectivity index (χ0) is 18.6. The third-order valence-corrected chi connectivity index (χ3v) is 4.87. The molecule has 1 aromatic heterocycles. The number of aryl methyl sites for hydroxylation is 1. The Morgan fingerprint density at radius 2 is 1.93 bits per heavy atom. The molecule has 0 saturated heterocycles. The van der Waals surface area contributed by atoms with E-state index in [0.29, 0.717) is 19.0 Å². The molecule has 4 rings (SSSR count). The third-order valence-electron chi connectivity index (χ3n) is 4.87. The van der Waals surface area contributed by atoms with Gasteiger partial charge in [0.25, 0.3) is 0 Å². The molecule has 0 aliphatic carbocycles. The van der Waals surface area contributed by atoms with Crippen LogP contribution < -0.4 is 9.47 Å². The second-order valence-corrected chi connectivity index (χ2v) is 6.96. The first-order valence-corrected chi connectivity index (χ1v) is 9.23. The predicted molar refractivity (Wildman–Crippen MR) is 104 cm³/mol. The molecular weight excluding hydrogens is 338 g/mol. The second-order valence-electron chi connectivity index (χ2n) is 6.96. The van der Waals surface area contributed by atoms with E-state index in [2.05, 4.69) is 17.1 Å². The van der Waals surface area contributed by atoms with Crippen LogP contribution in [0, 0.1) is 12.8 Å². The van der Waals surface area contributed by atoms with Gasteiger partial charge in [0.15, 0.2) is 0 Å². The SMILES string of the molecule is Cc1cccc(COc2ccc3c(c2)C(O)C(Cc2ccccc2)CO3)n1. The molecule has 4 heteroatoms. The summed E-state index contributed by atoms with van der Waals surface area (Å²) >= 11 is 0. The zero-order valence-electron chi connectivity index (χ0n) is 15.3. The summed E-state index contributed by atoms with van der Waals surface area (Å²) in [6, 6.07) is 21.7. The van der Waals surface area contributed by atoms with Gasteiger partial charge in [-0.15, -0.1) is 0 Å². The molecule has 2 atom stereocenters. The summed E-state index contributed by atoms with van der Waals surface area (Å²) in [5.41, 5.74) is 3.84. The van der Waals surface area contributed by atoms with Crippen molar-refractivity contribution in [3.8, 4) is 11.5 Å². The Bertz CT molecular complexity index is 911. The molecule has 4 nitrogen and oxygen atoms in total. The summed E-state index contributed by atoms with van der Waals surface area (Å²) in [6.07, 6.45) is 0.203. The fourth-order valence-electron chi connectivity index (χ4n) is 3.45. The van der Waals surface area contributed by atoms with E-state index in [9.17, 15) is 5.11 Å². The van der Waals surface area contributed by atoms with Crippen LogP contribution in [0.15, 0.2) is 66.7 Å². The maximum atomic E-state index is 10.9. The van der Waals surface area contributed by atoms with Crippen molar-refractivity contribution < 1.29 is 14.6 Å². The van der Waals surface area contributed by atoms with Gasteiger partial charge in [-0.3, -0.25) is 4.98 Å². The molecule has 1 N–H and O–H groups in total. The molecule has 1 aliphatic rings. The summed E-state index contributed by atoms with van der Waals surface area (Å²) in [5.74, 6) is 1.46. The average Bonchev–Trinajstić information content (AvgIpc) is 2.70. The lowest BCUT2D eigenvalue weighted by atomic mass is 9.88. The smallest absolute Gasteiger partial charge is 0.130 e. The number of hydrogen-bond donors (Lipinski definition) is 1. The van der Waals surface area contributed by atoms with Crippen LogP contribution in [0.4, 0.5) is 0 Å². The van der Waals surface area contributed by atoms with Crippen LogP contribution in [0.25, 0.3) is 0 Å².